The van der Waals surface area contributed by atoms with Crippen LogP contribution < -0.4 is 0 Å². The third-order valence-corrected chi connectivity index (χ3v) is 3.25. The highest BCUT2D eigenvalue weighted by Gasteiger charge is 2.15. The molecule has 0 N–H and O–H groups in total. The van der Waals surface area contributed by atoms with E-state index in [9.17, 15) is 4.79 Å². The van der Waals surface area contributed by atoms with E-state index in [1.54, 1.807) is 4.68 Å². The number of methoxy groups -OCH3 is 1. The lowest BCUT2D eigenvalue weighted by atomic mass is 10.1. The van der Waals surface area contributed by atoms with Crippen LogP contribution in [0.15, 0.2) is 12.1 Å². The Bertz CT molecular complexity index is 617. The fourth-order valence-electron chi connectivity index (χ4n) is 2.09. The Kier molecular flexibility index (Phi) is 4.12. The van der Waals surface area contributed by atoms with Gasteiger partial charge in [-0.25, -0.2) is 4.68 Å². The maximum Gasteiger partial charge on any atom is 0.305 e. The van der Waals surface area contributed by atoms with Crippen LogP contribution in [0.25, 0.3) is 5.82 Å². The van der Waals surface area contributed by atoms with Gasteiger partial charge in [-0.05, 0) is 44.9 Å². The van der Waals surface area contributed by atoms with Gasteiger partial charge in [0.1, 0.15) is 0 Å². The Morgan fingerprint density at radius 2 is 2.00 bits per heavy atom. The largest absolute Gasteiger partial charge is 0.469 e. The van der Waals surface area contributed by atoms with Crippen molar-refractivity contribution in [3.8, 4) is 5.82 Å². The van der Waals surface area contributed by atoms with Gasteiger partial charge in [-0.1, -0.05) is 0 Å². The molecule has 0 unspecified atom stereocenters. The summed E-state index contributed by atoms with van der Waals surface area (Å²) in [4.78, 5) is 11.3. The van der Waals surface area contributed by atoms with Crippen LogP contribution in [-0.2, 0) is 16.0 Å². The van der Waals surface area contributed by atoms with Gasteiger partial charge in [-0.15, -0.1) is 5.10 Å². The zero-order chi connectivity index (χ0) is 14.7. The molecular formula is C14H18N4O2. The Balaban J connectivity index is 2.28. The van der Waals surface area contributed by atoms with Gasteiger partial charge in [-0.3, -0.25) is 4.79 Å². The molecule has 0 aliphatic heterocycles. The Labute approximate surface area is 117 Å². The summed E-state index contributed by atoms with van der Waals surface area (Å²) in [5.74, 6) is 0.465. The monoisotopic (exact) mass is 274 g/mol. The molecule has 0 spiro atoms. The van der Waals surface area contributed by atoms with Gasteiger partial charge in [0.15, 0.2) is 5.82 Å². The minimum atomic E-state index is -0.216. The minimum Gasteiger partial charge on any atom is -0.469 e. The van der Waals surface area contributed by atoms with Crippen molar-refractivity contribution in [1.29, 1.82) is 0 Å². The number of rotatable bonds is 4. The Hall–Kier alpha value is -2.24. The standard InChI is InChI=1S/C14H18N4O2/c1-9-5-7-13(16-15-9)18-11(3)12(10(2)17-18)6-8-14(19)20-4/h5,7H,6,8H2,1-4H3. The van der Waals surface area contributed by atoms with Crippen LogP contribution in [0.3, 0.4) is 0 Å². The number of hydrogen-bond donors (Lipinski definition) is 0. The van der Waals surface area contributed by atoms with Crippen molar-refractivity contribution in [3.63, 3.8) is 0 Å². The van der Waals surface area contributed by atoms with Gasteiger partial charge in [-0.2, -0.15) is 10.2 Å². The average molecular weight is 274 g/mol. The molecule has 6 heteroatoms. The molecular weight excluding hydrogens is 256 g/mol. The van der Waals surface area contributed by atoms with E-state index in [0.29, 0.717) is 18.7 Å². The molecule has 6 nitrogen and oxygen atoms in total. The molecule has 0 aliphatic carbocycles. The van der Waals surface area contributed by atoms with E-state index in [1.165, 1.54) is 7.11 Å². The number of carbonyl (C=O) groups is 1. The van der Waals surface area contributed by atoms with Crippen LogP contribution in [0, 0.1) is 20.8 Å². The van der Waals surface area contributed by atoms with Crippen molar-refractivity contribution in [2.45, 2.75) is 33.6 Å². The zero-order valence-corrected chi connectivity index (χ0v) is 12.2. The van der Waals surface area contributed by atoms with Gasteiger partial charge >= 0.3 is 5.97 Å². The normalized spacial score (nSPS) is 10.6. The van der Waals surface area contributed by atoms with Gasteiger partial charge in [0.2, 0.25) is 0 Å². The molecule has 0 radical (unpaired) electrons. The lowest BCUT2D eigenvalue weighted by molar-refractivity contribution is -0.140. The van der Waals surface area contributed by atoms with E-state index >= 15 is 0 Å². The second kappa shape index (κ2) is 5.81. The van der Waals surface area contributed by atoms with E-state index < -0.39 is 0 Å². The van der Waals surface area contributed by atoms with Crippen molar-refractivity contribution in [1.82, 2.24) is 20.0 Å². The summed E-state index contributed by atoms with van der Waals surface area (Å²) in [7, 11) is 1.40. The molecule has 0 aliphatic rings. The van der Waals surface area contributed by atoms with Crippen molar-refractivity contribution in [2.24, 2.45) is 0 Å². The summed E-state index contributed by atoms with van der Waals surface area (Å²) in [5.41, 5.74) is 3.79. The summed E-state index contributed by atoms with van der Waals surface area (Å²) in [6.07, 6.45) is 0.965. The second-order valence-electron chi connectivity index (χ2n) is 4.67. The number of ether oxygens (including phenoxy) is 1. The zero-order valence-electron chi connectivity index (χ0n) is 12.2. The van der Waals surface area contributed by atoms with Crippen molar-refractivity contribution in [2.75, 3.05) is 7.11 Å². The molecule has 0 atom stereocenters. The molecule has 0 saturated heterocycles. The average Bonchev–Trinajstić information content (AvgIpc) is 2.72. The highest BCUT2D eigenvalue weighted by atomic mass is 16.5. The predicted molar refractivity (Wildman–Crippen MR) is 73.7 cm³/mol. The number of aromatic nitrogens is 4. The summed E-state index contributed by atoms with van der Waals surface area (Å²) in [6.45, 7) is 5.78. The molecule has 2 heterocycles. The van der Waals surface area contributed by atoms with Crippen molar-refractivity contribution >= 4 is 5.97 Å². The van der Waals surface area contributed by atoms with Crippen LogP contribution in [0.4, 0.5) is 0 Å². The molecule has 20 heavy (non-hydrogen) atoms. The first kappa shape index (κ1) is 14.2. The first-order valence-corrected chi connectivity index (χ1v) is 6.45. The molecule has 106 valence electrons. The maximum atomic E-state index is 11.3. The number of aryl methyl sites for hydroxylation is 2. The quantitative estimate of drug-likeness (QED) is 0.793. The molecule has 0 bridgehead atoms. The smallest absolute Gasteiger partial charge is 0.305 e. The molecule has 2 rings (SSSR count). The SMILES string of the molecule is COC(=O)CCc1c(C)nn(-c2ccc(C)nn2)c1C. The van der Waals surface area contributed by atoms with Crippen LogP contribution >= 0.6 is 0 Å². The Morgan fingerprint density at radius 3 is 2.60 bits per heavy atom. The molecule has 2 aromatic rings. The van der Waals surface area contributed by atoms with E-state index in [2.05, 4.69) is 20.0 Å². The molecule has 0 fully saturated rings. The lowest BCUT2D eigenvalue weighted by Crippen LogP contribution is -2.05. The predicted octanol–water partition coefficient (Wildman–Crippen LogP) is 1.69. The molecule has 2 aromatic heterocycles. The highest BCUT2D eigenvalue weighted by Crippen LogP contribution is 2.18. The van der Waals surface area contributed by atoms with Gasteiger partial charge in [0.25, 0.3) is 0 Å². The first-order chi connectivity index (χ1) is 9.52. The Morgan fingerprint density at radius 1 is 1.25 bits per heavy atom. The summed E-state index contributed by atoms with van der Waals surface area (Å²) in [5, 5.41) is 12.6. The number of nitrogens with zero attached hydrogens (tertiary/aromatic N) is 4. The molecule has 0 saturated carbocycles. The third-order valence-electron chi connectivity index (χ3n) is 3.25. The summed E-state index contributed by atoms with van der Waals surface area (Å²) < 4.78 is 6.43. The third kappa shape index (κ3) is 2.84. The van der Waals surface area contributed by atoms with Crippen LogP contribution in [0.2, 0.25) is 0 Å². The molecule has 0 amide bonds. The van der Waals surface area contributed by atoms with E-state index in [0.717, 1.165) is 22.6 Å². The second-order valence-corrected chi connectivity index (χ2v) is 4.67. The first-order valence-electron chi connectivity index (χ1n) is 6.45. The minimum absolute atomic E-state index is 0.216. The van der Waals surface area contributed by atoms with E-state index in [-0.39, 0.29) is 5.97 Å². The van der Waals surface area contributed by atoms with Gasteiger partial charge in [0.05, 0.1) is 18.5 Å². The fourth-order valence-corrected chi connectivity index (χ4v) is 2.09. The van der Waals surface area contributed by atoms with Crippen LogP contribution in [0.5, 0.6) is 0 Å². The topological polar surface area (TPSA) is 69.9 Å². The summed E-state index contributed by atoms with van der Waals surface area (Å²) in [6, 6.07) is 3.78. The van der Waals surface area contributed by atoms with Gasteiger partial charge < -0.3 is 4.74 Å². The van der Waals surface area contributed by atoms with Crippen LogP contribution in [-0.4, -0.2) is 33.1 Å². The highest BCUT2D eigenvalue weighted by molar-refractivity contribution is 5.69. The van der Waals surface area contributed by atoms with Crippen molar-refractivity contribution in [3.05, 3.63) is 34.8 Å². The van der Waals surface area contributed by atoms with Gasteiger partial charge in [0, 0.05) is 12.1 Å². The van der Waals surface area contributed by atoms with Crippen LogP contribution in [0.1, 0.15) is 29.1 Å². The van der Waals surface area contributed by atoms with E-state index in [1.807, 2.05) is 32.9 Å². The van der Waals surface area contributed by atoms with Crippen molar-refractivity contribution < 1.29 is 9.53 Å². The number of esters is 1. The number of carbonyl (C=O) groups excluding carboxylic acids is 1. The summed E-state index contributed by atoms with van der Waals surface area (Å²) >= 11 is 0. The maximum absolute atomic E-state index is 11.3. The van der Waals surface area contributed by atoms with E-state index in [4.69, 9.17) is 0 Å². The molecule has 0 aromatic carbocycles. The number of hydrogen-bond acceptors (Lipinski definition) is 5. The fraction of sp³-hybridized carbons (Fsp3) is 0.429. The lowest BCUT2D eigenvalue weighted by Gasteiger charge is -2.04.